The van der Waals surface area contributed by atoms with Crippen molar-refractivity contribution in [1.29, 1.82) is 0 Å². The van der Waals surface area contributed by atoms with Crippen LogP contribution in [0.1, 0.15) is 16.8 Å². The van der Waals surface area contributed by atoms with Crippen molar-refractivity contribution in [2.75, 3.05) is 20.3 Å². The molecule has 1 fully saturated rings. The van der Waals surface area contributed by atoms with Gasteiger partial charge in [0.1, 0.15) is 6.10 Å². The van der Waals surface area contributed by atoms with Gasteiger partial charge in [-0.1, -0.05) is 0 Å². The Balaban J connectivity index is 2.23. The molecular weight excluding hydrogens is 274 g/mol. The van der Waals surface area contributed by atoms with Crippen molar-refractivity contribution < 1.29 is 32.5 Å². The van der Waals surface area contributed by atoms with Crippen molar-refractivity contribution in [2.24, 2.45) is 0 Å². The lowest BCUT2D eigenvalue weighted by Crippen LogP contribution is -2.17. The normalized spacial score (nSPS) is 18.1. The molecule has 0 amide bonds. The second kappa shape index (κ2) is 6.51. The number of methoxy groups -OCH3 is 1. The highest BCUT2D eigenvalue weighted by molar-refractivity contribution is 5.90. The molecule has 0 N–H and O–H groups in total. The predicted octanol–water partition coefficient (Wildman–Crippen LogP) is 2.24. The van der Waals surface area contributed by atoms with Crippen LogP contribution >= 0.6 is 0 Å². The molecule has 20 heavy (non-hydrogen) atoms. The molecule has 1 saturated heterocycles. The van der Waals surface area contributed by atoms with Gasteiger partial charge in [0.15, 0.2) is 11.5 Å². The number of carbonyl (C=O) groups excluding carboxylic acids is 1. The van der Waals surface area contributed by atoms with Gasteiger partial charge in [0.2, 0.25) is 0 Å². The fourth-order valence-corrected chi connectivity index (χ4v) is 1.82. The SMILES string of the molecule is COC(=O)c1ccc(OC(F)F)c(OC2CCOC2)c1. The van der Waals surface area contributed by atoms with Gasteiger partial charge < -0.3 is 18.9 Å². The maximum Gasteiger partial charge on any atom is 0.387 e. The van der Waals surface area contributed by atoms with Gasteiger partial charge in [-0.3, -0.25) is 0 Å². The van der Waals surface area contributed by atoms with E-state index in [4.69, 9.17) is 9.47 Å². The summed E-state index contributed by atoms with van der Waals surface area (Å²) in [7, 11) is 1.23. The Hall–Kier alpha value is -1.89. The summed E-state index contributed by atoms with van der Waals surface area (Å²) in [5.74, 6) is -0.635. The Kier molecular flexibility index (Phi) is 4.73. The van der Waals surface area contributed by atoms with Gasteiger partial charge in [-0.2, -0.15) is 8.78 Å². The second-order valence-corrected chi connectivity index (χ2v) is 4.14. The molecule has 1 heterocycles. The van der Waals surface area contributed by atoms with Crippen LogP contribution in [0, 0.1) is 0 Å². The van der Waals surface area contributed by atoms with Crippen LogP contribution in [-0.2, 0) is 9.47 Å². The Bertz CT molecular complexity index is 472. The lowest BCUT2D eigenvalue weighted by molar-refractivity contribution is -0.0521. The van der Waals surface area contributed by atoms with E-state index in [1.54, 1.807) is 0 Å². The molecule has 1 aliphatic heterocycles. The van der Waals surface area contributed by atoms with E-state index in [2.05, 4.69) is 9.47 Å². The lowest BCUT2D eigenvalue weighted by Gasteiger charge is -2.16. The average Bonchev–Trinajstić information content (AvgIpc) is 2.92. The monoisotopic (exact) mass is 288 g/mol. The van der Waals surface area contributed by atoms with E-state index in [9.17, 15) is 13.6 Å². The Morgan fingerprint density at radius 3 is 2.80 bits per heavy atom. The van der Waals surface area contributed by atoms with Crippen LogP contribution in [0.2, 0.25) is 0 Å². The number of benzene rings is 1. The molecular formula is C13H14F2O5. The van der Waals surface area contributed by atoms with Gasteiger partial charge in [0, 0.05) is 6.42 Å². The molecule has 2 rings (SSSR count). The van der Waals surface area contributed by atoms with Crippen LogP contribution in [-0.4, -0.2) is 39.0 Å². The molecule has 7 heteroatoms. The van der Waals surface area contributed by atoms with E-state index in [-0.39, 0.29) is 23.2 Å². The fourth-order valence-electron chi connectivity index (χ4n) is 1.82. The fraction of sp³-hybridized carbons (Fsp3) is 0.462. The topological polar surface area (TPSA) is 54.0 Å². The van der Waals surface area contributed by atoms with Gasteiger partial charge in [-0.05, 0) is 18.2 Å². The molecule has 0 spiro atoms. The minimum atomic E-state index is -2.97. The van der Waals surface area contributed by atoms with Gasteiger partial charge in [-0.25, -0.2) is 4.79 Å². The summed E-state index contributed by atoms with van der Waals surface area (Å²) in [6, 6.07) is 3.91. The van der Waals surface area contributed by atoms with Crippen LogP contribution in [0.3, 0.4) is 0 Å². The maximum atomic E-state index is 12.3. The zero-order chi connectivity index (χ0) is 14.5. The maximum absolute atomic E-state index is 12.3. The molecule has 5 nitrogen and oxygen atoms in total. The second-order valence-electron chi connectivity index (χ2n) is 4.14. The molecule has 1 aromatic carbocycles. The van der Waals surface area contributed by atoms with Crippen molar-refractivity contribution in [3.05, 3.63) is 23.8 Å². The van der Waals surface area contributed by atoms with E-state index in [1.165, 1.54) is 25.3 Å². The number of halogens is 2. The molecule has 1 aromatic rings. The molecule has 0 saturated carbocycles. The zero-order valence-corrected chi connectivity index (χ0v) is 10.8. The number of carbonyl (C=O) groups is 1. The standard InChI is InChI=1S/C13H14F2O5/c1-17-12(16)8-2-3-10(20-13(14)15)11(6-8)19-9-4-5-18-7-9/h2-3,6,9,13H,4-5,7H2,1H3. The number of hydrogen-bond acceptors (Lipinski definition) is 5. The molecule has 1 unspecified atom stereocenters. The lowest BCUT2D eigenvalue weighted by atomic mass is 10.2. The molecule has 1 aliphatic rings. The first-order valence-electron chi connectivity index (χ1n) is 6.01. The number of hydrogen-bond donors (Lipinski definition) is 0. The van der Waals surface area contributed by atoms with E-state index in [1.807, 2.05) is 0 Å². The summed E-state index contributed by atoms with van der Waals surface area (Å²) >= 11 is 0. The van der Waals surface area contributed by atoms with Crippen molar-refractivity contribution in [2.45, 2.75) is 19.1 Å². The Morgan fingerprint density at radius 2 is 2.20 bits per heavy atom. The van der Waals surface area contributed by atoms with Crippen molar-refractivity contribution in [3.8, 4) is 11.5 Å². The molecule has 0 radical (unpaired) electrons. The number of esters is 1. The highest BCUT2D eigenvalue weighted by Crippen LogP contribution is 2.32. The minimum absolute atomic E-state index is 0.0729. The summed E-state index contributed by atoms with van der Waals surface area (Å²) < 4.78 is 44.3. The highest BCUT2D eigenvalue weighted by Gasteiger charge is 2.21. The molecule has 110 valence electrons. The molecule has 0 aromatic heterocycles. The Morgan fingerprint density at radius 1 is 1.40 bits per heavy atom. The first kappa shape index (κ1) is 14.5. The molecule has 0 aliphatic carbocycles. The number of ether oxygens (including phenoxy) is 4. The third-order valence-corrected chi connectivity index (χ3v) is 2.76. The van der Waals surface area contributed by atoms with Gasteiger partial charge in [0.25, 0.3) is 0 Å². The smallest absolute Gasteiger partial charge is 0.387 e. The van der Waals surface area contributed by atoms with Crippen LogP contribution in [0.4, 0.5) is 8.78 Å². The first-order chi connectivity index (χ1) is 9.60. The van der Waals surface area contributed by atoms with Crippen LogP contribution in [0.5, 0.6) is 11.5 Å². The minimum Gasteiger partial charge on any atom is -0.484 e. The van der Waals surface area contributed by atoms with Crippen molar-refractivity contribution >= 4 is 5.97 Å². The predicted molar refractivity (Wildman–Crippen MR) is 64.3 cm³/mol. The van der Waals surface area contributed by atoms with Gasteiger partial charge in [-0.15, -0.1) is 0 Å². The molecule has 1 atom stereocenters. The summed E-state index contributed by atoms with van der Waals surface area (Å²) in [6.45, 7) is -2.05. The first-order valence-corrected chi connectivity index (χ1v) is 6.01. The van der Waals surface area contributed by atoms with E-state index >= 15 is 0 Å². The van der Waals surface area contributed by atoms with Crippen LogP contribution in [0.25, 0.3) is 0 Å². The summed E-state index contributed by atoms with van der Waals surface area (Å²) in [4.78, 5) is 11.4. The quantitative estimate of drug-likeness (QED) is 0.778. The third kappa shape index (κ3) is 3.57. The summed E-state index contributed by atoms with van der Waals surface area (Å²) in [5.41, 5.74) is 0.197. The van der Waals surface area contributed by atoms with Crippen molar-refractivity contribution in [1.82, 2.24) is 0 Å². The highest BCUT2D eigenvalue weighted by atomic mass is 19.3. The van der Waals surface area contributed by atoms with Crippen molar-refractivity contribution in [3.63, 3.8) is 0 Å². The zero-order valence-electron chi connectivity index (χ0n) is 10.8. The third-order valence-electron chi connectivity index (χ3n) is 2.76. The number of rotatable bonds is 5. The average molecular weight is 288 g/mol. The van der Waals surface area contributed by atoms with Gasteiger partial charge >= 0.3 is 12.6 Å². The van der Waals surface area contributed by atoms with Crippen LogP contribution < -0.4 is 9.47 Å². The summed E-state index contributed by atoms with van der Waals surface area (Å²) in [5, 5.41) is 0. The van der Waals surface area contributed by atoms with Gasteiger partial charge in [0.05, 0.1) is 25.9 Å². The van der Waals surface area contributed by atoms with Crippen LogP contribution in [0.15, 0.2) is 18.2 Å². The molecule has 0 bridgehead atoms. The van der Waals surface area contributed by atoms with E-state index in [0.29, 0.717) is 19.6 Å². The largest absolute Gasteiger partial charge is 0.484 e. The van der Waals surface area contributed by atoms with E-state index in [0.717, 1.165) is 0 Å². The number of alkyl halides is 2. The Labute approximate surface area is 114 Å². The van der Waals surface area contributed by atoms with E-state index < -0.39 is 12.6 Å². The summed E-state index contributed by atoms with van der Waals surface area (Å²) in [6.07, 6.45) is 0.402.